The molecular formula is C14H21NOS. The van der Waals surface area contributed by atoms with Crippen molar-refractivity contribution in [3.05, 3.63) is 35.5 Å². The average molecular weight is 251 g/mol. The van der Waals surface area contributed by atoms with Gasteiger partial charge in [0.25, 0.3) is 0 Å². The van der Waals surface area contributed by atoms with Crippen LogP contribution in [0.4, 0.5) is 0 Å². The predicted octanol–water partition coefficient (Wildman–Crippen LogP) is 3.94. The molecule has 2 nitrogen and oxygen atoms in total. The van der Waals surface area contributed by atoms with Crippen molar-refractivity contribution in [2.45, 2.75) is 49.8 Å². The third-order valence-corrected chi connectivity index (χ3v) is 3.48. The topological polar surface area (TPSA) is 26.1 Å². The van der Waals surface area contributed by atoms with Crippen molar-refractivity contribution in [1.29, 1.82) is 0 Å². The van der Waals surface area contributed by atoms with E-state index >= 15 is 0 Å². The summed E-state index contributed by atoms with van der Waals surface area (Å²) < 4.78 is 1.05. The molecule has 0 aliphatic rings. The molecule has 0 bridgehead atoms. The summed E-state index contributed by atoms with van der Waals surface area (Å²) in [7, 11) is 0. The van der Waals surface area contributed by atoms with Gasteiger partial charge in [0.1, 0.15) is 0 Å². The summed E-state index contributed by atoms with van der Waals surface area (Å²) in [6.45, 7) is 7.91. The molecular weight excluding hydrogens is 230 g/mol. The Hall–Kier alpha value is -0.960. The SMILES string of the molecule is CC(C/C=[N+](\[O-])C(C)(C)C)Sc1ccccc1. The largest absolute Gasteiger partial charge is 0.624 e. The van der Waals surface area contributed by atoms with Gasteiger partial charge in [-0.05, 0) is 12.1 Å². The first kappa shape index (κ1) is 14.1. The van der Waals surface area contributed by atoms with E-state index in [0.717, 1.165) is 11.2 Å². The van der Waals surface area contributed by atoms with Crippen molar-refractivity contribution in [3.63, 3.8) is 0 Å². The molecule has 0 amide bonds. The maximum Gasteiger partial charge on any atom is 0.164 e. The van der Waals surface area contributed by atoms with Gasteiger partial charge in [0, 0.05) is 37.3 Å². The number of hydroxylamine groups is 1. The molecule has 0 saturated heterocycles. The Morgan fingerprint density at radius 1 is 1.29 bits per heavy atom. The van der Waals surface area contributed by atoms with Crippen LogP contribution in [0.3, 0.4) is 0 Å². The molecule has 94 valence electrons. The summed E-state index contributed by atoms with van der Waals surface area (Å²) in [6, 6.07) is 10.3. The first-order valence-corrected chi connectivity index (χ1v) is 6.79. The first-order valence-electron chi connectivity index (χ1n) is 5.91. The summed E-state index contributed by atoms with van der Waals surface area (Å²) in [4.78, 5) is 1.25. The fourth-order valence-electron chi connectivity index (χ4n) is 1.30. The molecule has 0 N–H and O–H groups in total. The van der Waals surface area contributed by atoms with Gasteiger partial charge in [-0.3, -0.25) is 0 Å². The van der Waals surface area contributed by atoms with Crippen LogP contribution in [0.25, 0.3) is 0 Å². The monoisotopic (exact) mass is 251 g/mol. The Labute approximate surface area is 108 Å². The second kappa shape index (κ2) is 6.10. The summed E-state index contributed by atoms with van der Waals surface area (Å²) in [6.07, 6.45) is 2.54. The van der Waals surface area contributed by atoms with Gasteiger partial charge in [-0.2, -0.15) is 0 Å². The zero-order valence-electron chi connectivity index (χ0n) is 11.0. The van der Waals surface area contributed by atoms with E-state index in [-0.39, 0.29) is 5.54 Å². The normalized spacial score (nSPS) is 14.7. The number of benzene rings is 1. The molecule has 0 aromatic heterocycles. The third-order valence-electron chi connectivity index (χ3n) is 2.34. The standard InChI is InChI=1S/C14H21NOS/c1-12(10-11-15(16)14(2,3)4)17-13-8-6-5-7-9-13/h5-9,11-12H,10H2,1-4H3/b15-11-. The summed E-state index contributed by atoms with van der Waals surface area (Å²) in [5.74, 6) is 0. The molecule has 1 aromatic carbocycles. The maximum absolute atomic E-state index is 11.7. The van der Waals surface area contributed by atoms with Crippen LogP contribution in [0.5, 0.6) is 0 Å². The molecule has 0 aliphatic carbocycles. The Bertz CT molecular complexity index is 368. The average Bonchev–Trinajstić information content (AvgIpc) is 2.26. The van der Waals surface area contributed by atoms with Gasteiger partial charge in [-0.25, -0.2) is 4.74 Å². The number of thioether (sulfide) groups is 1. The van der Waals surface area contributed by atoms with Crippen molar-refractivity contribution in [3.8, 4) is 0 Å². The lowest BCUT2D eigenvalue weighted by Crippen LogP contribution is -2.29. The number of nitrogens with zero attached hydrogens (tertiary/aromatic N) is 1. The van der Waals surface area contributed by atoms with Crippen LogP contribution in [-0.2, 0) is 0 Å². The van der Waals surface area contributed by atoms with Gasteiger partial charge in [-0.1, -0.05) is 25.1 Å². The van der Waals surface area contributed by atoms with Crippen molar-refractivity contribution < 1.29 is 4.74 Å². The fraction of sp³-hybridized carbons (Fsp3) is 0.500. The minimum Gasteiger partial charge on any atom is -0.624 e. The van der Waals surface area contributed by atoms with E-state index in [0.29, 0.717) is 5.25 Å². The van der Waals surface area contributed by atoms with E-state index in [9.17, 15) is 5.21 Å². The van der Waals surface area contributed by atoms with Crippen molar-refractivity contribution >= 4 is 18.0 Å². The van der Waals surface area contributed by atoms with E-state index in [4.69, 9.17) is 0 Å². The van der Waals surface area contributed by atoms with Crippen molar-refractivity contribution in [2.24, 2.45) is 0 Å². The highest BCUT2D eigenvalue weighted by Gasteiger charge is 2.18. The van der Waals surface area contributed by atoms with E-state index in [1.165, 1.54) is 4.90 Å². The van der Waals surface area contributed by atoms with Gasteiger partial charge >= 0.3 is 0 Å². The van der Waals surface area contributed by atoms with E-state index in [1.54, 1.807) is 18.0 Å². The van der Waals surface area contributed by atoms with Crippen molar-refractivity contribution in [1.82, 2.24) is 0 Å². The smallest absolute Gasteiger partial charge is 0.164 e. The van der Waals surface area contributed by atoms with Crippen molar-refractivity contribution in [2.75, 3.05) is 0 Å². The Kier molecular flexibility index (Phi) is 5.06. The molecule has 1 rings (SSSR count). The van der Waals surface area contributed by atoms with Crippen LogP contribution in [0.2, 0.25) is 0 Å². The van der Waals surface area contributed by atoms with Crippen LogP contribution in [0, 0.1) is 5.21 Å². The lowest BCUT2D eigenvalue weighted by atomic mass is 10.1. The van der Waals surface area contributed by atoms with Crippen LogP contribution in [-0.4, -0.2) is 21.7 Å². The van der Waals surface area contributed by atoms with Crippen LogP contribution in [0.15, 0.2) is 35.2 Å². The van der Waals surface area contributed by atoms with Crippen LogP contribution < -0.4 is 0 Å². The molecule has 0 spiro atoms. The molecule has 0 fully saturated rings. The predicted molar refractivity (Wildman–Crippen MR) is 75.8 cm³/mol. The third kappa shape index (κ3) is 5.26. The van der Waals surface area contributed by atoms with E-state index in [1.807, 2.05) is 39.0 Å². The minimum absolute atomic E-state index is 0.336. The summed E-state index contributed by atoms with van der Waals surface area (Å²) in [5, 5.41) is 12.1. The molecule has 3 heteroatoms. The molecule has 0 saturated carbocycles. The zero-order chi connectivity index (χ0) is 12.9. The van der Waals surface area contributed by atoms with Gasteiger partial charge in [0.05, 0.1) is 0 Å². The molecule has 0 radical (unpaired) electrons. The lowest BCUT2D eigenvalue weighted by molar-refractivity contribution is -0.532. The van der Waals surface area contributed by atoms with Crippen LogP contribution in [0.1, 0.15) is 34.1 Å². The maximum atomic E-state index is 11.7. The second-order valence-electron chi connectivity index (χ2n) is 5.16. The highest BCUT2D eigenvalue weighted by Crippen LogP contribution is 2.24. The van der Waals surface area contributed by atoms with E-state index < -0.39 is 0 Å². The molecule has 17 heavy (non-hydrogen) atoms. The second-order valence-corrected chi connectivity index (χ2v) is 6.67. The summed E-state index contributed by atoms with van der Waals surface area (Å²) >= 11 is 1.80. The number of rotatable bonds is 4. The van der Waals surface area contributed by atoms with Gasteiger partial charge in [0.2, 0.25) is 0 Å². The Morgan fingerprint density at radius 2 is 1.88 bits per heavy atom. The fourth-order valence-corrected chi connectivity index (χ4v) is 2.26. The van der Waals surface area contributed by atoms with Crippen LogP contribution >= 0.6 is 11.8 Å². The van der Waals surface area contributed by atoms with Gasteiger partial charge in [0.15, 0.2) is 11.8 Å². The Morgan fingerprint density at radius 3 is 2.41 bits per heavy atom. The highest BCUT2D eigenvalue weighted by molar-refractivity contribution is 8.00. The molecule has 1 unspecified atom stereocenters. The van der Waals surface area contributed by atoms with E-state index in [2.05, 4.69) is 19.1 Å². The molecule has 1 aromatic rings. The van der Waals surface area contributed by atoms with Gasteiger partial charge < -0.3 is 5.21 Å². The molecule has 0 aliphatic heterocycles. The number of hydrogen-bond donors (Lipinski definition) is 0. The summed E-state index contributed by atoms with van der Waals surface area (Å²) in [5.41, 5.74) is -0.336. The Balaban J connectivity index is 2.49. The van der Waals surface area contributed by atoms with Gasteiger partial charge in [-0.15, -0.1) is 11.8 Å². The number of hydrogen-bond acceptors (Lipinski definition) is 2. The quantitative estimate of drug-likeness (QED) is 0.266. The molecule has 0 heterocycles. The lowest BCUT2D eigenvalue weighted by Gasteiger charge is -2.19. The first-order chi connectivity index (χ1) is 7.89. The minimum atomic E-state index is -0.336. The highest BCUT2D eigenvalue weighted by atomic mass is 32.2. The zero-order valence-corrected chi connectivity index (χ0v) is 11.8. The molecule has 1 atom stereocenters.